The molecule has 23 heavy (non-hydrogen) atoms. The van der Waals surface area contributed by atoms with E-state index >= 15 is 0 Å². The summed E-state index contributed by atoms with van der Waals surface area (Å²) in [5, 5.41) is 11.2. The lowest BCUT2D eigenvalue weighted by Crippen LogP contribution is -2.50. The number of nitro benzene ring substituents is 1. The highest BCUT2D eigenvalue weighted by molar-refractivity contribution is 5.95. The van der Waals surface area contributed by atoms with Crippen molar-refractivity contribution in [3.63, 3.8) is 0 Å². The highest BCUT2D eigenvalue weighted by atomic mass is 16.6. The van der Waals surface area contributed by atoms with E-state index in [-0.39, 0.29) is 23.8 Å². The molecule has 0 radical (unpaired) electrons. The van der Waals surface area contributed by atoms with Crippen molar-refractivity contribution in [3.05, 3.63) is 39.4 Å². The first-order valence-electron chi connectivity index (χ1n) is 7.67. The second-order valence-corrected chi connectivity index (χ2v) is 5.69. The van der Waals surface area contributed by atoms with Crippen LogP contribution in [0.3, 0.4) is 0 Å². The van der Waals surface area contributed by atoms with Crippen molar-refractivity contribution in [2.75, 3.05) is 26.8 Å². The number of carbonyl (C=O) groups is 1. The minimum atomic E-state index is -0.439. The topological polar surface area (TPSA) is 81.9 Å². The SMILES string of the molecule is CCc1ccc(C(=O)N2C[C@@H](COC)O[C@H](C)C2)cc1[N+](=O)[O-]. The van der Waals surface area contributed by atoms with E-state index < -0.39 is 4.92 Å². The monoisotopic (exact) mass is 322 g/mol. The van der Waals surface area contributed by atoms with Gasteiger partial charge in [0.05, 0.1) is 23.7 Å². The molecule has 0 bridgehead atoms. The van der Waals surface area contributed by atoms with E-state index in [0.717, 1.165) is 0 Å². The minimum absolute atomic E-state index is 0.00639. The largest absolute Gasteiger partial charge is 0.382 e. The first-order chi connectivity index (χ1) is 11.0. The van der Waals surface area contributed by atoms with Gasteiger partial charge in [0, 0.05) is 37.4 Å². The molecular formula is C16H22N2O5. The quantitative estimate of drug-likeness (QED) is 0.612. The van der Waals surface area contributed by atoms with Gasteiger partial charge in [-0.2, -0.15) is 0 Å². The molecule has 1 aliphatic heterocycles. The first-order valence-corrected chi connectivity index (χ1v) is 7.67. The molecule has 0 aromatic heterocycles. The lowest BCUT2D eigenvalue weighted by Gasteiger charge is -2.36. The van der Waals surface area contributed by atoms with E-state index in [1.54, 1.807) is 24.1 Å². The molecule has 1 fully saturated rings. The summed E-state index contributed by atoms with van der Waals surface area (Å²) in [6.45, 7) is 5.03. The van der Waals surface area contributed by atoms with Gasteiger partial charge in [-0.3, -0.25) is 14.9 Å². The molecule has 0 N–H and O–H groups in total. The standard InChI is InChI=1S/C16H22N2O5/c1-4-12-5-6-13(7-15(12)18(20)21)16(19)17-8-11(2)23-14(9-17)10-22-3/h5-7,11,14H,4,8-10H2,1-3H3/t11-,14+/m1/s1. The smallest absolute Gasteiger partial charge is 0.273 e. The van der Waals surface area contributed by atoms with Crippen molar-refractivity contribution in [3.8, 4) is 0 Å². The maximum Gasteiger partial charge on any atom is 0.273 e. The van der Waals surface area contributed by atoms with E-state index in [2.05, 4.69) is 0 Å². The molecule has 2 atom stereocenters. The minimum Gasteiger partial charge on any atom is -0.382 e. The third kappa shape index (κ3) is 4.05. The summed E-state index contributed by atoms with van der Waals surface area (Å²) >= 11 is 0. The summed E-state index contributed by atoms with van der Waals surface area (Å²) in [4.78, 5) is 25.1. The van der Waals surface area contributed by atoms with Crippen LogP contribution in [0.2, 0.25) is 0 Å². The van der Waals surface area contributed by atoms with Gasteiger partial charge in [0.2, 0.25) is 0 Å². The summed E-state index contributed by atoms with van der Waals surface area (Å²) in [6.07, 6.45) is 0.269. The molecule has 0 saturated carbocycles. The fraction of sp³-hybridized carbons (Fsp3) is 0.562. The van der Waals surface area contributed by atoms with Crippen LogP contribution in [-0.4, -0.2) is 54.7 Å². The highest BCUT2D eigenvalue weighted by Crippen LogP contribution is 2.23. The van der Waals surface area contributed by atoms with Gasteiger partial charge >= 0.3 is 0 Å². The van der Waals surface area contributed by atoms with Gasteiger partial charge in [-0.1, -0.05) is 13.0 Å². The molecule has 0 unspecified atom stereocenters. The normalized spacial score (nSPS) is 21.3. The maximum absolute atomic E-state index is 12.7. The molecule has 7 heteroatoms. The van der Waals surface area contributed by atoms with E-state index in [4.69, 9.17) is 9.47 Å². The number of nitrogens with zero attached hydrogens (tertiary/aromatic N) is 2. The molecule has 1 aromatic rings. The zero-order valence-corrected chi connectivity index (χ0v) is 13.7. The zero-order chi connectivity index (χ0) is 17.0. The number of aryl methyl sites for hydroxylation is 1. The van der Waals surface area contributed by atoms with Crippen LogP contribution in [0.25, 0.3) is 0 Å². The number of amides is 1. The molecule has 0 spiro atoms. The number of nitro groups is 1. The lowest BCUT2D eigenvalue weighted by molar-refractivity contribution is -0.385. The van der Waals surface area contributed by atoms with E-state index in [1.807, 2.05) is 13.8 Å². The second kappa shape index (κ2) is 7.52. The van der Waals surface area contributed by atoms with Crippen molar-refractivity contribution in [2.24, 2.45) is 0 Å². The van der Waals surface area contributed by atoms with Gasteiger partial charge in [0.1, 0.15) is 0 Å². The van der Waals surface area contributed by atoms with Crippen molar-refractivity contribution in [1.29, 1.82) is 0 Å². The van der Waals surface area contributed by atoms with Crippen LogP contribution >= 0.6 is 0 Å². The molecule has 2 rings (SSSR count). The Labute approximate surface area is 135 Å². The molecule has 7 nitrogen and oxygen atoms in total. The van der Waals surface area contributed by atoms with Gasteiger partial charge in [-0.25, -0.2) is 0 Å². The predicted molar refractivity (Wildman–Crippen MR) is 84.6 cm³/mol. The van der Waals surface area contributed by atoms with Gasteiger partial charge in [-0.15, -0.1) is 0 Å². The maximum atomic E-state index is 12.7. The van der Waals surface area contributed by atoms with Crippen molar-refractivity contribution >= 4 is 11.6 Å². The Morgan fingerprint density at radius 2 is 2.22 bits per heavy atom. The van der Waals surface area contributed by atoms with Gasteiger partial charge in [0.25, 0.3) is 11.6 Å². The Morgan fingerprint density at radius 1 is 1.48 bits per heavy atom. The number of benzene rings is 1. The molecule has 1 amide bonds. The molecular weight excluding hydrogens is 300 g/mol. The van der Waals surface area contributed by atoms with Crippen LogP contribution in [-0.2, 0) is 15.9 Å². The Hall–Kier alpha value is -1.99. The molecule has 1 saturated heterocycles. The number of ether oxygens (including phenoxy) is 2. The number of rotatable bonds is 5. The fourth-order valence-electron chi connectivity index (χ4n) is 2.84. The Kier molecular flexibility index (Phi) is 5.68. The summed E-state index contributed by atoms with van der Waals surface area (Å²) < 4.78 is 10.8. The first kappa shape index (κ1) is 17.4. The molecule has 0 aliphatic carbocycles. The number of morpholine rings is 1. The molecule has 1 aromatic carbocycles. The lowest BCUT2D eigenvalue weighted by atomic mass is 10.1. The molecule has 126 valence electrons. The van der Waals surface area contributed by atoms with Crippen molar-refractivity contribution < 1.29 is 19.2 Å². The van der Waals surface area contributed by atoms with Gasteiger partial charge < -0.3 is 14.4 Å². The van der Waals surface area contributed by atoms with Crippen molar-refractivity contribution in [2.45, 2.75) is 32.5 Å². The number of carbonyl (C=O) groups excluding carboxylic acids is 1. The Bertz CT molecular complexity index is 590. The van der Waals surface area contributed by atoms with E-state index in [1.165, 1.54) is 6.07 Å². The number of hydrogen-bond acceptors (Lipinski definition) is 5. The summed E-state index contributed by atoms with van der Waals surface area (Å²) in [5.74, 6) is -0.216. The Morgan fingerprint density at radius 3 is 2.83 bits per heavy atom. The van der Waals surface area contributed by atoms with Crippen LogP contribution in [0.15, 0.2) is 18.2 Å². The predicted octanol–water partition coefficient (Wildman–Crippen LogP) is 2.03. The third-order valence-corrected chi connectivity index (χ3v) is 3.88. The average Bonchev–Trinajstić information content (AvgIpc) is 2.53. The zero-order valence-electron chi connectivity index (χ0n) is 13.7. The highest BCUT2D eigenvalue weighted by Gasteiger charge is 2.29. The van der Waals surface area contributed by atoms with Crippen LogP contribution in [0.1, 0.15) is 29.8 Å². The molecule has 1 heterocycles. The fourth-order valence-corrected chi connectivity index (χ4v) is 2.84. The Balaban J connectivity index is 2.22. The second-order valence-electron chi connectivity index (χ2n) is 5.69. The van der Waals surface area contributed by atoms with Crippen LogP contribution < -0.4 is 0 Å². The number of hydrogen-bond donors (Lipinski definition) is 0. The third-order valence-electron chi connectivity index (χ3n) is 3.88. The number of methoxy groups -OCH3 is 1. The van der Waals surface area contributed by atoms with E-state index in [0.29, 0.717) is 37.2 Å². The average molecular weight is 322 g/mol. The van der Waals surface area contributed by atoms with Crippen LogP contribution in [0.4, 0.5) is 5.69 Å². The van der Waals surface area contributed by atoms with Crippen molar-refractivity contribution in [1.82, 2.24) is 4.90 Å². The van der Waals surface area contributed by atoms with Gasteiger partial charge in [-0.05, 0) is 19.4 Å². The summed E-state index contributed by atoms with van der Waals surface area (Å²) in [5.41, 5.74) is 0.950. The molecule has 1 aliphatic rings. The summed E-state index contributed by atoms with van der Waals surface area (Å²) in [7, 11) is 1.58. The van der Waals surface area contributed by atoms with Crippen LogP contribution in [0.5, 0.6) is 0 Å². The summed E-state index contributed by atoms with van der Waals surface area (Å²) in [6, 6.07) is 4.67. The van der Waals surface area contributed by atoms with E-state index in [9.17, 15) is 14.9 Å². The van der Waals surface area contributed by atoms with Gasteiger partial charge in [0.15, 0.2) is 0 Å². The van der Waals surface area contributed by atoms with Crippen LogP contribution in [0, 0.1) is 10.1 Å².